The van der Waals surface area contributed by atoms with Gasteiger partial charge in [-0.15, -0.1) is 0 Å². The van der Waals surface area contributed by atoms with E-state index in [2.05, 4.69) is 9.47 Å². The predicted molar refractivity (Wildman–Crippen MR) is 53.1 cm³/mol. The van der Waals surface area contributed by atoms with Crippen molar-refractivity contribution in [3.63, 3.8) is 0 Å². The quantitative estimate of drug-likeness (QED) is 0.602. The summed E-state index contributed by atoms with van der Waals surface area (Å²) in [6.07, 6.45) is 0.518. The van der Waals surface area contributed by atoms with Gasteiger partial charge in [-0.05, 0) is 13.5 Å². The van der Waals surface area contributed by atoms with Gasteiger partial charge in [-0.25, -0.2) is 0 Å². The molecule has 0 radical (unpaired) electrons. The molecule has 1 rings (SSSR count). The normalized spacial score (nSPS) is 27.1. The second kappa shape index (κ2) is 5.11. The molecule has 1 heterocycles. The van der Waals surface area contributed by atoms with Crippen LogP contribution in [0.5, 0.6) is 0 Å². The van der Waals surface area contributed by atoms with Crippen molar-refractivity contribution in [2.45, 2.75) is 6.42 Å². The summed E-state index contributed by atoms with van der Waals surface area (Å²) in [5, 5.41) is 0. The molecule has 0 saturated carbocycles. The zero-order valence-corrected chi connectivity index (χ0v) is 9.36. The molecule has 0 bridgehead atoms. The van der Waals surface area contributed by atoms with Crippen molar-refractivity contribution < 1.29 is 19.1 Å². The van der Waals surface area contributed by atoms with Gasteiger partial charge in [0, 0.05) is 13.1 Å². The summed E-state index contributed by atoms with van der Waals surface area (Å²) in [7, 11) is 4.61. The van der Waals surface area contributed by atoms with Crippen molar-refractivity contribution in [3.05, 3.63) is 0 Å². The molecule has 2 unspecified atom stereocenters. The van der Waals surface area contributed by atoms with Crippen molar-refractivity contribution in [3.8, 4) is 0 Å². The number of esters is 2. The fraction of sp³-hybridized carbons (Fsp3) is 0.800. The van der Waals surface area contributed by atoms with Crippen molar-refractivity contribution in [2.75, 3.05) is 34.4 Å². The summed E-state index contributed by atoms with van der Waals surface area (Å²) in [6, 6.07) is 0. The Kier molecular flexibility index (Phi) is 4.08. The molecule has 0 amide bonds. The van der Waals surface area contributed by atoms with Crippen LogP contribution in [0.25, 0.3) is 0 Å². The van der Waals surface area contributed by atoms with Crippen molar-refractivity contribution in [1.29, 1.82) is 0 Å². The standard InChI is InChI=1S/C10H17NO4/c1-11-5-7(9(12)14-2)4-8(6-11)10(13)15-3/h7-8H,4-6H2,1-3H3. The molecule has 0 spiro atoms. The van der Waals surface area contributed by atoms with E-state index in [0.717, 1.165) is 0 Å². The van der Waals surface area contributed by atoms with Crippen LogP contribution in [0.4, 0.5) is 0 Å². The lowest BCUT2D eigenvalue weighted by Crippen LogP contribution is -2.44. The molecule has 0 aromatic heterocycles. The van der Waals surface area contributed by atoms with E-state index < -0.39 is 0 Å². The van der Waals surface area contributed by atoms with E-state index in [0.29, 0.717) is 19.5 Å². The highest BCUT2D eigenvalue weighted by Crippen LogP contribution is 2.22. The Balaban J connectivity index is 2.63. The summed E-state index contributed by atoms with van der Waals surface area (Å²) < 4.78 is 9.36. The van der Waals surface area contributed by atoms with E-state index in [9.17, 15) is 9.59 Å². The average Bonchev–Trinajstić information content (AvgIpc) is 2.26. The molecule has 5 nitrogen and oxygen atoms in total. The van der Waals surface area contributed by atoms with Gasteiger partial charge in [0.15, 0.2) is 0 Å². The van der Waals surface area contributed by atoms with Crippen LogP contribution in [0, 0.1) is 11.8 Å². The molecule has 0 N–H and O–H groups in total. The number of nitrogens with zero attached hydrogens (tertiary/aromatic N) is 1. The summed E-state index contributed by atoms with van der Waals surface area (Å²) in [4.78, 5) is 24.7. The Morgan fingerprint density at radius 2 is 1.47 bits per heavy atom. The summed E-state index contributed by atoms with van der Waals surface area (Å²) in [6.45, 7) is 1.28. The maximum absolute atomic E-state index is 11.4. The summed E-state index contributed by atoms with van der Waals surface area (Å²) in [5.41, 5.74) is 0. The van der Waals surface area contributed by atoms with Crippen LogP contribution >= 0.6 is 0 Å². The molecule has 1 aliphatic heterocycles. The fourth-order valence-corrected chi connectivity index (χ4v) is 1.99. The molecule has 86 valence electrons. The summed E-state index contributed by atoms with van der Waals surface area (Å²) >= 11 is 0. The first-order chi connectivity index (χ1) is 7.08. The van der Waals surface area contributed by atoms with E-state index in [4.69, 9.17) is 0 Å². The van der Waals surface area contributed by atoms with Crippen molar-refractivity contribution in [1.82, 2.24) is 4.90 Å². The van der Waals surface area contributed by atoms with E-state index in [1.165, 1.54) is 14.2 Å². The Hall–Kier alpha value is -1.10. The maximum Gasteiger partial charge on any atom is 0.309 e. The maximum atomic E-state index is 11.4. The van der Waals surface area contributed by atoms with Crippen LogP contribution in [0.2, 0.25) is 0 Å². The Labute approximate surface area is 89.3 Å². The lowest BCUT2D eigenvalue weighted by Gasteiger charge is -2.32. The van der Waals surface area contributed by atoms with Gasteiger partial charge < -0.3 is 14.4 Å². The Morgan fingerprint density at radius 3 is 1.80 bits per heavy atom. The smallest absolute Gasteiger partial charge is 0.309 e. The minimum Gasteiger partial charge on any atom is -0.469 e. The van der Waals surface area contributed by atoms with Gasteiger partial charge in [0.05, 0.1) is 26.1 Å². The van der Waals surface area contributed by atoms with E-state index in [1.54, 1.807) is 0 Å². The molecule has 15 heavy (non-hydrogen) atoms. The van der Waals surface area contributed by atoms with Crippen LogP contribution in [-0.2, 0) is 19.1 Å². The number of carbonyl (C=O) groups is 2. The number of piperidine rings is 1. The second-order valence-electron chi connectivity index (χ2n) is 3.90. The third-order valence-electron chi connectivity index (χ3n) is 2.70. The lowest BCUT2D eigenvalue weighted by atomic mass is 9.89. The molecule has 1 aliphatic rings. The van der Waals surface area contributed by atoms with Crippen molar-refractivity contribution in [2.24, 2.45) is 11.8 Å². The largest absolute Gasteiger partial charge is 0.469 e. The molecule has 5 heteroatoms. The lowest BCUT2D eigenvalue weighted by molar-refractivity contribution is -0.153. The van der Waals surface area contributed by atoms with Crippen LogP contribution in [0.3, 0.4) is 0 Å². The number of hydrogen-bond donors (Lipinski definition) is 0. The van der Waals surface area contributed by atoms with E-state index >= 15 is 0 Å². The van der Waals surface area contributed by atoms with Crippen LogP contribution in [-0.4, -0.2) is 51.2 Å². The third-order valence-corrected chi connectivity index (χ3v) is 2.70. The highest BCUT2D eigenvalue weighted by molar-refractivity contribution is 5.76. The van der Waals surface area contributed by atoms with Crippen molar-refractivity contribution >= 4 is 11.9 Å². The molecular formula is C10H17NO4. The third kappa shape index (κ3) is 2.92. The van der Waals surface area contributed by atoms with E-state index in [-0.39, 0.29) is 23.8 Å². The second-order valence-corrected chi connectivity index (χ2v) is 3.90. The van der Waals surface area contributed by atoms with Gasteiger partial charge in [0.25, 0.3) is 0 Å². The van der Waals surface area contributed by atoms with Gasteiger partial charge in [-0.1, -0.05) is 0 Å². The first-order valence-corrected chi connectivity index (χ1v) is 4.92. The molecular weight excluding hydrogens is 198 g/mol. The number of likely N-dealkylation sites (tertiary alicyclic amines) is 1. The summed E-state index contributed by atoms with van der Waals surface area (Å²) in [5.74, 6) is -0.957. The van der Waals surface area contributed by atoms with Gasteiger partial charge in [-0.3, -0.25) is 9.59 Å². The molecule has 0 aromatic carbocycles. The highest BCUT2D eigenvalue weighted by Gasteiger charge is 2.34. The zero-order chi connectivity index (χ0) is 11.4. The van der Waals surface area contributed by atoms with Gasteiger partial charge in [0.2, 0.25) is 0 Å². The zero-order valence-electron chi connectivity index (χ0n) is 9.36. The number of ether oxygens (including phenoxy) is 2. The van der Waals surface area contributed by atoms with Gasteiger partial charge in [0.1, 0.15) is 0 Å². The number of carbonyl (C=O) groups excluding carboxylic acids is 2. The number of methoxy groups -OCH3 is 2. The monoisotopic (exact) mass is 215 g/mol. The SMILES string of the molecule is COC(=O)C1CC(C(=O)OC)CN(C)C1. The van der Waals surface area contributed by atoms with Gasteiger partial charge in [-0.2, -0.15) is 0 Å². The van der Waals surface area contributed by atoms with Gasteiger partial charge >= 0.3 is 11.9 Å². The first kappa shape index (κ1) is 12.0. The highest BCUT2D eigenvalue weighted by atomic mass is 16.5. The number of hydrogen-bond acceptors (Lipinski definition) is 5. The van der Waals surface area contributed by atoms with E-state index in [1.807, 2.05) is 11.9 Å². The topological polar surface area (TPSA) is 55.8 Å². The fourth-order valence-electron chi connectivity index (χ4n) is 1.99. The van der Waals surface area contributed by atoms with Crippen LogP contribution < -0.4 is 0 Å². The van der Waals surface area contributed by atoms with Crippen LogP contribution in [0.15, 0.2) is 0 Å². The molecule has 1 saturated heterocycles. The molecule has 2 atom stereocenters. The molecule has 0 aliphatic carbocycles. The average molecular weight is 215 g/mol. The number of rotatable bonds is 2. The Morgan fingerprint density at radius 1 is 1.07 bits per heavy atom. The predicted octanol–water partition coefficient (Wildman–Crippen LogP) is -0.0997. The molecule has 0 aromatic rings. The molecule has 1 fully saturated rings. The minimum absolute atomic E-state index is 0.224. The Bertz CT molecular complexity index is 230. The van der Waals surface area contributed by atoms with Crippen LogP contribution in [0.1, 0.15) is 6.42 Å². The first-order valence-electron chi connectivity index (χ1n) is 4.92. The minimum atomic E-state index is -0.254.